The molecule has 18 heavy (non-hydrogen) atoms. The highest BCUT2D eigenvalue weighted by Crippen LogP contribution is 2.21. The molecule has 0 saturated heterocycles. The van der Waals surface area contributed by atoms with Gasteiger partial charge in [0.15, 0.2) is 0 Å². The van der Waals surface area contributed by atoms with Crippen molar-refractivity contribution in [2.24, 2.45) is 0 Å². The van der Waals surface area contributed by atoms with Crippen molar-refractivity contribution in [3.63, 3.8) is 0 Å². The Kier molecular flexibility index (Phi) is 4.90. The lowest BCUT2D eigenvalue weighted by Gasteiger charge is -2.14. The Balaban J connectivity index is 0.000000203. The minimum absolute atomic E-state index is 0.236. The van der Waals surface area contributed by atoms with Crippen LogP contribution in [0.15, 0.2) is 28.9 Å². The van der Waals surface area contributed by atoms with Crippen LogP contribution in [0.5, 0.6) is 0 Å². The predicted octanol–water partition coefficient (Wildman–Crippen LogP) is 4.03. The number of fused-ring (bicyclic) bond motifs is 1. The molecule has 98 valence electrons. The molecule has 1 aromatic carbocycles. The van der Waals surface area contributed by atoms with Crippen LogP contribution in [0.1, 0.15) is 20.8 Å². The zero-order valence-corrected chi connectivity index (χ0v) is 12.0. The molecule has 2 rings (SSSR count). The number of rotatable bonds is 1. The first kappa shape index (κ1) is 14.7. The molecule has 3 nitrogen and oxygen atoms in total. The van der Waals surface area contributed by atoms with Gasteiger partial charge in [-0.1, -0.05) is 0 Å². The van der Waals surface area contributed by atoms with Gasteiger partial charge in [-0.3, -0.25) is 4.79 Å². The number of carbonyl (C=O) groups excluding carboxylic acids is 1. The van der Waals surface area contributed by atoms with Gasteiger partial charge in [-0.25, -0.2) is 4.39 Å². The summed E-state index contributed by atoms with van der Waals surface area (Å²) in [5, 5.41) is 1.01. The molecule has 0 spiro atoms. The number of aromatic nitrogens is 1. The number of H-pyrrole nitrogens is 1. The Hall–Kier alpha value is -1.36. The standard InChI is InChI=1S/C8H5BrFN.C5H10O2/c9-6-3-5-1-2-11-8(5)4-7(6)10;1-5(2,3)7-4-6/h1-4,11H;4H,1-3H3. The summed E-state index contributed by atoms with van der Waals surface area (Å²) in [5.74, 6) is -0.236. The molecule has 0 unspecified atom stereocenters. The van der Waals surface area contributed by atoms with Crippen LogP contribution >= 0.6 is 15.9 Å². The van der Waals surface area contributed by atoms with E-state index in [4.69, 9.17) is 0 Å². The number of aromatic amines is 1. The number of benzene rings is 1. The minimum atomic E-state index is -0.318. The van der Waals surface area contributed by atoms with E-state index in [1.54, 1.807) is 12.3 Å². The second-order valence-corrected chi connectivity index (χ2v) is 5.51. The first-order valence-corrected chi connectivity index (χ1v) is 6.16. The van der Waals surface area contributed by atoms with Crippen molar-refractivity contribution in [2.75, 3.05) is 0 Å². The monoisotopic (exact) mass is 315 g/mol. The fourth-order valence-corrected chi connectivity index (χ4v) is 1.55. The van der Waals surface area contributed by atoms with Crippen molar-refractivity contribution in [1.29, 1.82) is 0 Å². The van der Waals surface area contributed by atoms with Gasteiger partial charge < -0.3 is 9.72 Å². The molecule has 0 aliphatic rings. The first-order chi connectivity index (χ1) is 8.33. The predicted molar refractivity (Wildman–Crippen MR) is 72.9 cm³/mol. The molecule has 0 aliphatic heterocycles. The lowest BCUT2D eigenvalue weighted by molar-refractivity contribution is -0.138. The van der Waals surface area contributed by atoms with Crippen molar-refractivity contribution >= 4 is 33.3 Å². The summed E-state index contributed by atoms with van der Waals surface area (Å²) in [7, 11) is 0. The molecule has 0 bridgehead atoms. The summed E-state index contributed by atoms with van der Waals surface area (Å²) in [5.41, 5.74) is 0.507. The van der Waals surface area contributed by atoms with E-state index in [0.29, 0.717) is 10.9 Å². The van der Waals surface area contributed by atoms with Crippen molar-refractivity contribution in [1.82, 2.24) is 4.98 Å². The van der Waals surface area contributed by atoms with E-state index >= 15 is 0 Å². The number of hydrogen-bond donors (Lipinski definition) is 1. The first-order valence-electron chi connectivity index (χ1n) is 5.37. The Morgan fingerprint density at radius 2 is 2.06 bits per heavy atom. The highest BCUT2D eigenvalue weighted by Gasteiger charge is 2.07. The Morgan fingerprint density at radius 3 is 2.56 bits per heavy atom. The summed E-state index contributed by atoms with van der Waals surface area (Å²) in [4.78, 5) is 12.5. The lowest BCUT2D eigenvalue weighted by Crippen LogP contribution is -2.17. The normalized spacial score (nSPS) is 10.7. The molecule has 0 radical (unpaired) electrons. The van der Waals surface area contributed by atoms with E-state index < -0.39 is 0 Å². The third-order valence-corrected chi connectivity index (χ3v) is 2.60. The largest absolute Gasteiger partial charge is 0.462 e. The molecular weight excluding hydrogens is 301 g/mol. The number of nitrogens with one attached hydrogen (secondary N) is 1. The van der Waals surface area contributed by atoms with Gasteiger partial charge in [0.2, 0.25) is 0 Å². The maximum absolute atomic E-state index is 12.9. The molecule has 1 aromatic heterocycles. The molecule has 0 aliphatic carbocycles. The molecule has 1 N–H and O–H groups in total. The van der Waals surface area contributed by atoms with Gasteiger partial charge in [0, 0.05) is 17.1 Å². The van der Waals surface area contributed by atoms with Gasteiger partial charge in [0.05, 0.1) is 4.47 Å². The van der Waals surface area contributed by atoms with Crippen molar-refractivity contribution < 1.29 is 13.9 Å². The average Bonchev–Trinajstić information content (AvgIpc) is 2.65. The summed E-state index contributed by atoms with van der Waals surface area (Å²) in [6.45, 7) is 5.92. The number of halogens is 2. The van der Waals surface area contributed by atoms with E-state index in [9.17, 15) is 9.18 Å². The molecule has 0 atom stereocenters. The summed E-state index contributed by atoms with van der Waals surface area (Å²) < 4.78 is 17.9. The number of hydrogen-bond acceptors (Lipinski definition) is 2. The van der Waals surface area contributed by atoms with E-state index in [2.05, 4.69) is 25.7 Å². The van der Waals surface area contributed by atoms with Gasteiger partial charge in [0.1, 0.15) is 11.4 Å². The average molecular weight is 316 g/mol. The molecule has 0 amide bonds. The van der Waals surface area contributed by atoms with Crippen molar-refractivity contribution in [2.45, 2.75) is 26.4 Å². The van der Waals surface area contributed by atoms with E-state index in [-0.39, 0.29) is 11.4 Å². The van der Waals surface area contributed by atoms with Crippen LogP contribution in [0.25, 0.3) is 10.9 Å². The molecule has 0 fully saturated rings. The van der Waals surface area contributed by atoms with Gasteiger partial charge >= 0.3 is 0 Å². The van der Waals surface area contributed by atoms with Crippen LogP contribution in [0.2, 0.25) is 0 Å². The minimum Gasteiger partial charge on any atom is -0.462 e. The quantitative estimate of drug-likeness (QED) is 0.807. The maximum atomic E-state index is 12.9. The van der Waals surface area contributed by atoms with Crippen LogP contribution in [-0.4, -0.2) is 17.1 Å². The fraction of sp³-hybridized carbons (Fsp3) is 0.308. The smallest absolute Gasteiger partial charge is 0.293 e. The highest BCUT2D eigenvalue weighted by atomic mass is 79.9. The van der Waals surface area contributed by atoms with Crippen LogP contribution in [-0.2, 0) is 9.53 Å². The molecule has 5 heteroatoms. The van der Waals surface area contributed by atoms with Crippen LogP contribution in [0.3, 0.4) is 0 Å². The second-order valence-electron chi connectivity index (χ2n) is 4.66. The third kappa shape index (κ3) is 4.49. The zero-order valence-electron chi connectivity index (χ0n) is 10.5. The number of carbonyl (C=O) groups is 1. The highest BCUT2D eigenvalue weighted by molar-refractivity contribution is 9.10. The van der Waals surface area contributed by atoms with E-state index in [1.807, 2.05) is 26.8 Å². The van der Waals surface area contributed by atoms with Gasteiger partial charge in [-0.2, -0.15) is 0 Å². The van der Waals surface area contributed by atoms with Crippen molar-refractivity contribution in [3.8, 4) is 0 Å². The van der Waals surface area contributed by atoms with E-state index in [0.717, 1.165) is 10.9 Å². The summed E-state index contributed by atoms with van der Waals surface area (Å²) in [6, 6.07) is 5.13. The van der Waals surface area contributed by atoms with E-state index in [1.165, 1.54) is 6.07 Å². The molecule has 2 aromatic rings. The van der Waals surface area contributed by atoms with Crippen LogP contribution in [0, 0.1) is 5.82 Å². The van der Waals surface area contributed by atoms with Gasteiger partial charge in [0.25, 0.3) is 6.47 Å². The van der Waals surface area contributed by atoms with Crippen molar-refractivity contribution in [3.05, 3.63) is 34.7 Å². The Labute approximate surface area is 113 Å². The van der Waals surface area contributed by atoms with Gasteiger partial charge in [-0.05, 0) is 54.9 Å². The van der Waals surface area contributed by atoms with Gasteiger partial charge in [-0.15, -0.1) is 0 Å². The Bertz CT molecular complexity index is 495. The summed E-state index contributed by atoms with van der Waals surface area (Å²) in [6.07, 6.45) is 1.79. The fourth-order valence-electron chi connectivity index (χ4n) is 1.19. The molecule has 0 saturated carbocycles. The maximum Gasteiger partial charge on any atom is 0.293 e. The molecule has 1 heterocycles. The SMILES string of the molecule is CC(C)(C)OC=O.Fc1cc2[nH]ccc2cc1Br. The third-order valence-electron chi connectivity index (χ3n) is 2.00. The van der Waals surface area contributed by atoms with Crippen LogP contribution in [0.4, 0.5) is 4.39 Å². The topological polar surface area (TPSA) is 42.1 Å². The number of ether oxygens (including phenoxy) is 1. The second kappa shape index (κ2) is 6.00. The lowest BCUT2D eigenvalue weighted by atomic mass is 10.2. The summed E-state index contributed by atoms with van der Waals surface area (Å²) >= 11 is 3.11. The zero-order chi connectivity index (χ0) is 13.8. The Morgan fingerprint density at radius 1 is 1.39 bits per heavy atom. The van der Waals surface area contributed by atoms with Crippen LogP contribution < -0.4 is 0 Å². The molecular formula is C13H15BrFNO2.